The van der Waals surface area contributed by atoms with Crippen LogP contribution in [-0.2, 0) is 5.66 Å². The Morgan fingerprint density at radius 2 is 1.82 bits per heavy atom. The maximum Gasteiger partial charge on any atom is 0.212 e. The molecule has 2 aliphatic heterocycles. The summed E-state index contributed by atoms with van der Waals surface area (Å²) >= 11 is 0. The van der Waals surface area contributed by atoms with Crippen molar-refractivity contribution in [1.29, 1.82) is 0 Å². The van der Waals surface area contributed by atoms with Crippen molar-refractivity contribution >= 4 is 22.9 Å². The third kappa shape index (κ3) is 2.71. The zero-order valence-corrected chi connectivity index (χ0v) is 16.9. The first kappa shape index (κ1) is 17.6. The van der Waals surface area contributed by atoms with Crippen LogP contribution >= 0.6 is 0 Å². The molecular weight excluding hydrogens is 354 g/mol. The van der Waals surface area contributed by atoms with Gasteiger partial charge in [-0.2, -0.15) is 0 Å². The molecule has 3 N–H and O–H groups in total. The summed E-state index contributed by atoms with van der Waals surface area (Å²) in [5, 5.41) is 3.16. The molecule has 0 atom stereocenters. The van der Waals surface area contributed by atoms with Gasteiger partial charge in [-0.3, -0.25) is 9.88 Å². The second kappa shape index (κ2) is 6.03. The lowest BCUT2D eigenvalue weighted by molar-refractivity contribution is 0.101. The Kier molecular flexibility index (Phi) is 3.80. The molecule has 0 unspecified atom stereocenters. The molecule has 150 valence electrons. The van der Waals surface area contributed by atoms with E-state index in [2.05, 4.69) is 36.7 Å². The van der Waals surface area contributed by atoms with Gasteiger partial charge in [0.1, 0.15) is 5.66 Å². The summed E-state index contributed by atoms with van der Waals surface area (Å²) in [4.78, 5) is 9.73. The van der Waals surface area contributed by atoms with Crippen molar-refractivity contribution in [2.24, 2.45) is 22.1 Å². The number of anilines is 1. The molecule has 5 rings (SSSR count). The molecule has 2 aromatic rings. The van der Waals surface area contributed by atoms with Crippen LogP contribution in [-0.4, -0.2) is 28.7 Å². The summed E-state index contributed by atoms with van der Waals surface area (Å²) < 4.78 is 14.0. The van der Waals surface area contributed by atoms with Crippen LogP contribution in [0.1, 0.15) is 52.9 Å². The van der Waals surface area contributed by atoms with E-state index < -0.39 is 0 Å². The lowest BCUT2D eigenvalue weighted by atomic mass is 9.69. The second-order valence-electron chi connectivity index (χ2n) is 9.35. The van der Waals surface area contributed by atoms with Gasteiger partial charge in [-0.1, -0.05) is 20.8 Å². The number of fused-ring (bicyclic) bond motifs is 5. The predicted molar refractivity (Wildman–Crippen MR) is 110 cm³/mol. The molecule has 1 aliphatic carbocycles. The molecule has 1 aromatic carbocycles. The van der Waals surface area contributed by atoms with Crippen LogP contribution in [0.2, 0.25) is 0 Å². The van der Waals surface area contributed by atoms with Gasteiger partial charge in [-0.15, -0.1) is 0 Å². The fourth-order valence-corrected chi connectivity index (χ4v) is 4.94. The second-order valence-corrected chi connectivity index (χ2v) is 9.35. The van der Waals surface area contributed by atoms with Crippen LogP contribution in [0.15, 0.2) is 17.1 Å². The summed E-state index contributed by atoms with van der Waals surface area (Å²) in [5.74, 6) is 3.45. The molecule has 1 saturated carbocycles. The molecule has 7 nitrogen and oxygen atoms in total. The third-order valence-corrected chi connectivity index (χ3v) is 6.52. The monoisotopic (exact) mass is 383 g/mol. The highest BCUT2D eigenvalue weighted by Crippen LogP contribution is 2.49. The number of ether oxygens (including phenoxy) is 2. The van der Waals surface area contributed by atoms with Gasteiger partial charge in [0.25, 0.3) is 0 Å². The van der Waals surface area contributed by atoms with Crippen molar-refractivity contribution < 1.29 is 9.47 Å². The molecule has 0 amide bonds. The molecule has 0 bridgehead atoms. The number of hydrogen-bond donors (Lipinski definition) is 2. The predicted octanol–water partition coefficient (Wildman–Crippen LogP) is 3.83. The largest absolute Gasteiger partial charge is 0.489 e. The first-order chi connectivity index (χ1) is 13.4. The average molecular weight is 383 g/mol. The van der Waals surface area contributed by atoms with Gasteiger partial charge in [0.2, 0.25) is 5.95 Å². The number of aliphatic imine (C=N–C) groups is 1. The average Bonchev–Trinajstić information content (AvgIpc) is 2.82. The van der Waals surface area contributed by atoms with E-state index in [0.717, 1.165) is 60.6 Å². The molecule has 3 heterocycles. The van der Waals surface area contributed by atoms with Crippen LogP contribution in [0.3, 0.4) is 0 Å². The minimum absolute atomic E-state index is 0.312. The number of hydrogen-bond acceptors (Lipinski definition) is 6. The van der Waals surface area contributed by atoms with Crippen molar-refractivity contribution in [2.75, 3.05) is 18.5 Å². The number of aromatic nitrogens is 2. The fraction of sp³-hybridized carbons (Fsp3) is 0.619. The quantitative estimate of drug-likeness (QED) is 0.722. The first-order valence-corrected chi connectivity index (χ1v) is 10.3. The SMILES string of the molecule is CC(C)(C)C1CCC2(CC1)N=C(N)Nc1nc3cc4c(cc3n12)OCCCO4. The van der Waals surface area contributed by atoms with Crippen molar-refractivity contribution in [2.45, 2.75) is 58.5 Å². The smallest absolute Gasteiger partial charge is 0.212 e. The van der Waals surface area contributed by atoms with E-state index in [1.807, 2.05) is 6.07 Å². The van der Waals surface area contributed by atoms with Gasteiger partial charge in [-0.25, -0.2) is 9.98 Å². The Balaban J connectivity index is 1.61. The summed E-state index contributed by atoms with van der Waals surface area (Å²) in [6, 6.07) is 4.04. The lowest BCUT2D eigenvalue weighted by Crippen LogP contribution is -2.45. The minimum Gasteiger partial charge on any atom is -0.489 e. The number of nitrogens with zero attached hydrogens (tertiary/aromatic N) is 3. The Bertz CT molecular complexity index is 948. The maximum atomic E-state index is 6.18. The van der Waals surface area contributed by atoms with Gasteiger partial charge in [0.15, 0.2) is 17.5 Å². The van der Waals surface area contributed by atoms with Crippen LogP contribution < -0.4 is 20.5 Å². The van der Waals surface area contributed by atoms with Gasteiger partial charge in [0.05, 0.1) is 24.2 Å². The van der Waals surface area contributed by atoms with Crippen molar-refractivity contribution in [3.8, 4) is 11.5 Å². The van der Waals surface area contributed by atoms with E-state index in [0.29, 0.717) is 30.5 Å². The molecule has 3 aliphatic rings. The molecule has 28 heavy (non-hydrogen) atoms. The molecule has 0 saturated heterocycles. The van der Waals surface area contributed by atoms with Gasteiger partial charge in [-0.05, 0) is 37.0 Å². The zero-order chi connectivity index (χ0) is 19.5. The normalized spacial score (nSPS) is 27.1. The van der Waals surface area contributed by atoms with E-state index >= 15 is 0 Å². The number of rotatable bonds is 0. The summed E-state index contributed by atoms with van der Waals surface area (Å²) in [6.07, 6.45) is 5.07. The van der Waals surface area contributed by atoms with Crippen molar-refractivity contribution in [3.63, 3.8) is 0 Å². The standard InChI is InChI=1S/C21H29N5O2/c1-20(2,3)13-5-7-21(8-6-13)25-18(22)24-19-23-14-11-16-17(12-15(14)26(19)21)28-10-4-9-27-16/h11-13H,4-10H2,1-3H3,(H3,22,23,24,25). The Labute approximate surface area is 165 Å². The summed E-state index contributed by atoms with van der Waals surface area (Å²) in [7, 11) is 0. The van der Waals surface area contributed by atoms with Gasteiger partial charge >= 0.3 is 0 Å². The lowest BCUT2D eigenvalue weighted by Gasteiger charge is -2.44. The van der Waals surface area contributed by atoms with Gasteiger partial charge < -0.3 is 15.2 Å². The number of nitrogens with one attached hydrogen (secondary N) is 1. The van der Waals surface area contributed by atoms with E-state index in [4.69, 9.17) is 25.2 Å². The van der Waals surface area contributed by atoms with Crippen molar-refractivity contribution in [1.82, 2.24) is 9.55 Å². The topological polar surface area (TPSA) is 86.7 Å². The van der Waals surface area contributed by atoms with E-state index in [-0.39, 0.29) is 5.66 Å². The van der Waals surface area contributed by atoms with Crippen LogP contribution in [0, 0.1) is 11.3 Å². The molecular formula is C21H29N5O2. The van der Waals surface area contributed by atoms with Crippen LogP contribution in [0.5, 0.6) is 11.5 Å². The number of guanidine groups is 1. The van der Waals surface area contributed by atoms with Crippen LogP contribution in [0.25, 0.3) is 11.0 Å². The molecule has 1 spiro atoms. The highest BCUT2D eigenvalue weighted by atomic mass is 16.5. The molecule has 1 aromatic heterocycles. The first-order valence-electron chi connectivity index (χ1n) is 10.3. The van der Waals surface area contributed by atoms with Gasteiger partial charge in [0, 0.05) is 18.6 Å². The zero-order valence-electron chi connectivity index (χ0n) is 16.9. The Hall–Kier alpha value is -2.44. The number of benzene rings is 1. The minimum atomic E-state index is -0.374. The van der Waals surface area contributed by atoms with E-state index in [1.165, 1.54) is 0 Å². The highest BCUT2D eigenvalue weighted by molar-refractivity contribution is 5.95. The van der Waals surface area contributed by atoms with E-state index in [9.17, 15) is 0 Å². The number of imidazole rings is 1. The van der Waals surface area contributed by atoms with Crippen LogP contribution in [0.4, 0.5) is 5.95 Å². The fourth-order valence-electron chi connectivity index (χ4n) is 4.94. The summed E-state index contributed by atoms with van der Waals surface area (Å²) in [5.41, 5.74) is 8.02. The maximum absolute atomic E-state index is 6.18. The summed E-state index contributed by atoms with van der Waals surface area (Å²) in [6.45, 7) is 8.33. The molecule has 0 radical (unpaired) electrons. The Morgan fingerprint density at radius 1 is 1.14 bits per heavy atom. The highest BCUT2D eigenvalue weighted by Gasteiger charge is 2.44. The number of nitrogens with two attached hydrogens (primary N) is 1. The van der Waals surface area contributed by atoms with Crippen molar-refractivity contribution in [3.05, 3.63) is 12.1 Å². The Morgan fingerprint density at radius 3 is 2.50 bits per heavy atom. The third-order valence-electron chi connectivity index (χ3n) is 6.52. The molecule has 7 heteroatoms. The van der Waals surface area contributed by atoms with E-state index in [1.54, 1.807) is 0 Å². The molecule has 1 fully saturated rings.